The highest BCUT2D eigenvalue weighted by molar-refractivity contribution is 5.76. The van der Waals surface area contributed by atoms with E-state index in [1.54, 1.807) is 5.06 Å². The van der Waals surface area contributed by atoms with Gasteiger partial charge in [0, 0.05) is 6.42 Å². The molecule has 2 atom stereocenters. The molecule has 0 aromatic heterocycles. The molecule has 1 aliphatic heterocycles. The monoisotopic (exact) mass is 325 g/mol. The smallest absolute Gasteiger partial charge is 0.325 e. The molecule has 1 saturated heterocycles. The lowest BCUT2D eigenvalue weighted by molar-refractivity contribution is -0.214. The Morgan fingerprint density at radius 1 is 1.17 bits per heavy atom. The molecule has 1 fully saturated rings. The summed E-state index contributed by atoms with van der Waals surface area (Å²) in [5.74, 6) is -0.229. The van der Waals surface area contributed by atoms with Crippen molar-refractivity contribution in [3.8, 4) is 0 Å². The number of esters is 1. The van der Waals surface area contributed by atoms with Crippen molar-refractivity contribution in [2.75, 3.05) is 6.61 Å². The molecular formula is C20H23NO3. The van der Waals surface area contributed by atoms with Gasteiger partial charge in [0.25, 0.3) is 0 Å². The van der Waals surface area contributed by atoms with Gasteiger partial charge in [0.05, 0.1) is 13.2 Å². The highest BCUT2D eigenvalue weighted by atomic mass is 16.7. The summed E-state index contributed by atoms with van der Waals surface area (Å²) in [6, 6.07) is 19.6. The fourth-order valence-corrected chi connectivity index (χ4v) is 3.14. The Bertz CT molecular complexity index is 674. The summed E-state index contributed by atoms with van der Waals surface area (Å²) in [5.41, 5.74) is 1.63. The van der Waals surface area contributed by atoms with Crippen molar-refractivity contribution in [2.24, 2.45) is 0 Å². The van der Waals surface area contributed by atoms with Gasteiger partial charge in [0.15, 0.2) is 0 Å². The van der Waals surface area contributed by atoms with Crippen molar-refractivity contribution < 1.29 is 14.4 Å². The lowest BCUT2D eigenvalue weighted by atomic mass is 9.90. The predicted molar refractivity (Wildman–Crippen MR) is 91.9 cm³/mol. The van der Waals surface area contributed by atoms with Crippen molar-refractivity contribution in [3.63, 3.8) is 0 Å². The van der Waals surface area contributed by atoms with E-state index < -0.39 is 11.6 Å². The normalized spacial score (nSPS) is 24.0. The summed E-state index contributed by atoms with van der Waals surface area (Å²) in [6.07, 6.45) is 0.572. The molecule has 1 aliphatic rings. The highest BCUT2D eigenvalue weighted by Crippen LogP contribution is 2.40. The molecule has 4 nitrogen and oxygen atoms in total. The molecule has 3 rings (SSSR count). The van der Waals surface area contributed by atoms with Crippen molar-refractivity contribution in [1.82, 2.24) is 5.06 Å². The molecule has 2 aromatic rings. The average Bonchev–Trinajstić information content (AvgIpc) is 2.95. The van der Waals surface area contributed by atoms with Crippen LogP contribution in [0.1, 0.15) is 31.4 Å². The Hall–Kier alpha value is -2.17. The van der Waals surface area contributed by atoms with E-state index in [2.05, 4.69) is 0 Å². The van der Waals surface area contributed by atoms with E-state index in [0.29, 0.717) is 19.6 Å². The summed E-state index contributed by atoms with van der Waals surface area (Å²) in [6.45, 7) is 4.77. The van der Waals surface area contributed by atoms with Gasteiger partial charge in [0.2, 0.25) is 0 Å². The number of nitrogens with zero attached hydrogens (tertiary/aromatic N) is 1. The van der Waals surface area contributed by atoms with Crippen LogP contribution < -0.4 is 0 Å². The van der Waals surface area contributed by atoms with Crippen LogP contribution in [0.4, 0.5) is 0 Å². The summed E-state index contributed by atoms with van der Waals surface area (Å²) >= 11 is 0. The first-order valence-electron chi connectivity index (χ1n) is 8.34. The number of benzene rings is 2. The van der Waals surface area contributed by atoms with Gasteiger partial charge in [-0.3, -0.25) is 9.63 Å². The second-order valence-corrected chi connectivity index (χ2v) is 6.22. The van der Waals surface area contributed by atoms with Crippen LogP contribution in [0.15, 0.2) is 60.7 Å². The second kappa shape index (κ2) is 7.16. The first-order valence-corrected chi connectivity index (χ1v) is 8.34. The third kappa shape index (κ3) is 3.50. The Labute approximate surface area is 143 Å². The summed E-state index contributed by atoms with van der Waals surface area (Å²) in [5, 5.41) is 1.76. The molecule has 0 radical (unpaired) electrons. The highest BCUT2D eigenvalue weighted by Gasteiger charge is 2.47. The van der Waals surface area contributed by atoms with Gasteiger partial charge in [-0.15, -0.1) is 0 Å². The SMILES string of the molecule is CCOC(=O)[C@H]1C[C@@](C)(c2ccccc2)ON1Cc1ccccc1. The van der Waals surface area contributed by atoms with E-state index in [9.17, 15) is 4.79 Å². The molecule has 0 aliphatic carbocycles. The van der Waals surface area contributed by atoms with Crippen LogP contribution in [0, 0.1) is 0 Å². The molecule has 0 spiro atoms. The second-order valence-electron chi connectivity index (χ2n) is 6.22. The topological polar surface area (TPSA) is 38.8 Å². The van der Waals surface area contributed by atoms with E-state index in [0.717, 1.165) is 11.1 Å². The van der Waals surface area contributed by atoms with Gasteiger partial charge in [0.1, 0.15) is 11.6 Å². The van der Waals surface area contributed by atoms with E-state index in [1.165, 1.54) is 0 Å². The number of carbonyl (C=O) groups is 1. The zero-order valence-corrected chi connectivity index (χ0v) is 14.1. The zero-order valence-electron chi connectivity index (χ0n) is 14.1. The first-order chi connectivity index (χ1) is 11.6. The van der Waals surface area contributed by atoms with Crippen LogP contribution in [0.5, 0.6) is 0 Å². The number of rotatable bonds is 5. The maximum atomic E-state index is 12.4. The van der Waals surface area contributed by atoms with Gasteiger partial charge in [-0.25, -0.2) is 0 Å². The number of hydrogen-bond donors (Lipinski definition) is 0. The number of ether oxygens (including phenoxy) is 1. The van der Waals surface area contributed by atoms with E-state index in [-0.39, 0.29) is 5.97 Å². The molecule has 0 amide bonds. The Kier molecular flexibility index (Phi) is 4.97. The molecule has 0 saturated carbocycles. The molecular weight excluding hydrogens is 302 g/mol. The number of hydroxylamine groups is 2. The van der Waals surface area contributed by atoms with Crippen LogP contribution in [-0.4, -0.2) is 23.7 Å². The minimum absolute atomic E-state index is 0.229. The maximum Gasteiger partial charge on any atom is 0.325 e. The Balaban J connectivity index is 1.85. The third-order valence-corrected chi connectivity index (χ3v) is 4.37. The molecule has 0 N–H and O–H groups in total. The quantitative estimate of drug-likeness (QED) is 0.786. The van der Waals surface area contributed by atoms with Crippen LogP contribution >= 0.6 is 0 Å². The lowest BCUT2D eigenvalue weighted by Gasteiger charge is -2.25. The predicted octanol–water partition coefficient (Wildman–Crippen LogP) is 3.67. The summed E-state index contributed by atoms with van der Waals surface area (Å²) in [7, 11) is 0. The molecule has 0 unspecified atom stereocenters. The Morgan fingerprint density at radius 2 is 1.79 bits per heavy atom. The van der Waals surface area contributed by atoms with Crippen molar-refractivity contribution in [2.45, 2.75) is 38.5 Å². The third-order valence-electron chi connectivity index (χ3n) is 4.37. The number of hydrogen-bond acceptors (Lipinski definition) is 4. The molecule has 4 heteroatoms. The van der Waals surface area contributed by atoms with Crippen LogP contribution in [0.2, 0.25) is 0 Å². The first kappa shape index (κ1) is 16.7. The largest absolute Gasteiger partial charge is 0.465 e. The lowest BCUT2D eigenvalue weighted by Crippen LogP contribution is -2.36. The zero-order chi connectivity index (χ0) is 17.0. The standard InChI is InChI=1S/C20H23NO3/c1-3-23-19(22)18-14-20(2,17-12-8-5-9-13-17)24-21(18)15-16-10-6-4-7-11-16/h4-13,18H,3,14-15H2,1-2H3/t18-,20+/m1/s1. The maximum absolute atomic E-state index is 12.4. The van der Waals surface area contributed by atoms with Gasteiger partial charge in [-0.05, 0) is 25.0 Å². The van der Waals surface area contributed by atoms with Crippen molar-refractivity contribution >= 4 is 5.97 Å². The fraction of sp³-hybridized carbons (Fsp3) is 0.350. The van der Waals surface area contributed by atoms with Gasteiger partial charge < -0.3 is 4.74 Å². The molecule has 24 heavy (non-hydrogen) atoms. The summed E-state index contributed by atoms with van der Waals surface area (Å²) in [4.78, 5) is 18.7. The molecule has 126 valence electrons. The van der Waals surface area contributed by atoms with E-state index in [4.69, 9.17) is 9.57 Å². The number of carbonyl (C=O) groups excluding carboxylic acids is 1. The van der Waals surface area contributed by atoms with Crippen molar-refractivity contribution in [1.29, 1.82) is 0 Å². The summed E-state index contributed by atoms with van der Waals surface area (Å²) < 4.78 is 5.26. The van der Waals surface area contributed by atoms with Gasteiger partial charge in [-0.1, -0.05) is 60.7 Å². The minimum Gasteiger partial charge on any atom is -0.465 e. The average molecular weight is 325 g/mol. The fourth-order valence-electron chi connectivity index (χ4n) is 3.14. The van der Waals surface area contributed by atoms with Gasteiger partial charge in [-0.2, -0.15) is 5.06 Å². The Morgan fingerprint density at radius 3 is 2.42 bits per heavy atom. The van der Waals surface area contributed by atoms with Crippen LogP contribution in [0.3, 0.4) is 0 Å². The molecule has 1 heterocycles. The molecule has 2 aromatic carbocycles. The van der Waals surface area contributed by atoms with Crippen LogP contribution in [0.25, 0.3) is 0 Å². The van der Waals surface area contributed by atoms with Crippen molar-refractivity contribution in [3.05, 3.63) is 71.8 Å². The van der Waals surface area contributed by atoms with E-state index in [1.807, 2.05) is 74.5 Å². The minimum atomic E-state index is -0.534. The van der Waals surface area contributed by atoms with Gasteiger partial charge >= 0.3 is 5.97 Å². The van der Waals surface area contributed by atoms with E-state index >= 15 is 0 Å². The van der Waals surface area contributed by atoms with Crippen LogP contribution in [-0.2, 0) is 26.5 Å². The molecule has 0 bridgehead atoms.